The summed E-state index contributed by atoms with van der Waals surface area (Å²) in [5, 5.41) is 8.81. The van der Waals surface area contributed by atoms with Gasteiger partial charge in [0.25, 0.3) is 0 Å². The Bertz CT molecular complexity index is 1090. The quantitative estimate of drug-likeness (QED) is 0.652. The Hall–Kier alpha value is -3.29. The van der Waals surface area contributed by atoms with Crippen LogP contribution >= 0.6 is 0 Å². The fourth-order valence-electron chi connectivity index (χ4n) is 4.25. The highest BCUT2D eigenvalue weighted by atomic mass is 16.5. The second kappa shape index (κ2) is 8.83. The van der Waals surface area contributed by atoms with Crippen molar-refractivity contribution in [2.24, 2.45) is 5.92 Å². The van der Waals surface area contributed by atoms with Gasteiger partial charge >= 0.3 is 0 Å². The van der Waals surface area contributed by atoms with Crippen molar-refractivity contribution in [2.75, 3.05) is 37.5 Å². The molecule has 1 aliphatic rings. The molecule has 0 saturated carbocycles. The van der Waals surface area contributed by atoms with Crippen molar-refractivity contribution >= 4 is 28.3 Å². The molecular formula is C23H29N5O3. The summed E-state index contributed by atoms with van der Waals surface area (Å²) < 4.78 is 12.6. The van der Waals surface area contributed by atoms with E-state index in [0.717, 1.165) is 54.9 Å². The first-order valence-corrected chi connectivity index (χ1v) is 10.7. The zero-order chi connectivity index (χ0) is 22.0. The highest BCUT2D eigenvalue weighted by molar-refractivity contribution is 5.94. The molecule has 1 saturated heterocycles. The number of fused-ring (bicyclic) bond motifs is 1. The molecule has 164 valence electrons. The molecule has 31 heavy (non-hydrogen) atoms. The van der Waals surface area contributed by atoms with Crippen molar-refractivity contribution < 1.29 is 14.3 Å². The number of rotatable bonds is 6. The van der Waals surface area contributed by atoms with Crippen LogP contribution < -0.4 is 19.7 Å². The number of nitrogens with zero attached hydrogens (tertiary/aromatic N) is 4. The van der Waals surface area contributed by atoms with Crippen LogP contribution in [0.15, 0.2) is 30.5 Å². The smallest absolute Gasteiger partial charge is 0.227 e. The van der Waals surface area contributed by atoms with Crippen molar-refractivity contribution in [3.05, 3.63) is 36.2 Å². The average molecular weight is 424 g/mol. The molecular weight excluding hydrogens is 394 g/mol. The Morgan fingerprint density at radius 3 is 2.58 bits per heavy atom. The van der Waals surface area contributed by atoms with Gasteiger partial charge in [0.2, 0.25) is 5.91 Å². The molecule has 0 unspecified atom stereocenters. The molecule has 1 aliphatic heterocycles. The van der Waals surface area contributed by atoms with Crippen LogP contribution in [0.1, 0.15) is 25.5 Å². The average Bonchev–Trinajstić information content (AvgIpc) is 3.15. The van der Waals surface area contributed by atoms with Gasteiger partial charge in [-0.2, -0.15) is 5.10 Å². The van der Waals surface area contributed by atoms with E-state index in [1.165, 1.54) is 0 Å². The van der Waals surface area contributed by atoms with E-state index in [4.69, 9.17) is 9.47 Å². The molecule has 1 aromatic carbocycles. The summed E-state index contributed by atoms with van der Waals surface area (Å²) in [6.45, 7) is 6.48. The minimum absolute atomic E-state index is 0.0347. The Labute approximate surface area is 182 Å². The zero-order valence-corrected chi connectivity index (χ0v) is 18.5. The molecule has 0 radical (unpaired) electrons. The molecule has 0 spiro atoms. The molecule has 1 fully saturated rings. The summed E-state index contributed by atoms with van der Waals surface area (Å²) in [5.41, 5.74) is 2.80. The van der Waals surface area contributed by atoms with Gasteiger partial charge in [0, 0.05) is 48.9 Å². The molecule has 0 aliphatic carbocycles. The summed E-state index contributed by atoms with van der Waals surface area (Å²) >= 11 is 0. The van der Waals surface area contributed by atoms with Crippen LogP contribution in [0.4, 0.5) is 11.5 Å². The number of ether oxygens (including phenoxy) is 2. The normalized spacial score (nSPS) is 14.6. The van der Waals surface area contributed by atoms with Gasteiger partial charge in [0.15, 0.2) is 17.3 Å². The second-order valence-corrected chi connectivity index (χ2v) is 7.75. The van der Waals surface area contributed by atoms with Crippen LogP contribution in [0.25, 0.3) is 10.9 Å². The van der Waals surface area contributed by atoms with E-state index in [9.17, 15) is 4.79 Å². The number of piperidine rings is 1. The number of aryl methyl sites for hydroxylation is 2. The maximum Gasteiger partial charge on any atom is 0.227 e. The van der Waals surface area contributed by atoms with Crippen LogP contribution in [-0.2, 0) is 11.3 Å². The first-order chi connectivity index (χ1) is 15.0. The highest BCUT2D eigenvalue weighted by Gasteiger charge is 2.27. The first kappa shape index (κ1) is 21.0. The molecule has 0 bridgehead atoms. The molecule has 1 amide bonds. The number of nitrogens with one attached hydrogen (secondary N) is 1. The third-order valence-corrected chi connectivity index (χ3v) is 5.94. The molecule has 3 heterocycles. The lowest BCUT2D eigenvalue weighted by molar-refractivity contribution is -0.120. The van der Waals surface area contributed by atoms with E-state index in [-0.39, 0.29) is 11.8 Å². The number of hydrogen-bond donors (Lipinski definition) is 1. The maximum absolute atomic E-state index is 12.8. The fraction of sp³-hybridized carbons (Fsp3) is 0.435. The van der Waals surface area contributed by atoms with E-state index in [1.54, 1.807) is 26.4 Å². The largest absolute Gasteiger partial charge is 0.493 e. The van der Waals surface area contributed by atoms with Crippen LogP contribution in [0.2, 0.25) is 0 Å². The van der Waals surface area contributed by atoms with Gasteiger partial charge in [0.05, 0.1) is 19.9 Å². The summed E-state index contributed by atoms with van der Waals surface area (Å²) in [6, 6.07) is 7.43. The number of carbonyl (C=O) groups is 1. The molecule has 4 rings (SSSR count). The van der Waals surface area contributed by atoms with Crippen LogP contribution in [0.3, 0.4) is 0 Å². The minimum Gasteiger partial charge on any atom is -0.493 e. The number of methoxy groups -OCH3 is 2. The second-order valence-electron chi connectivity index (χ2n) is 7.75. The first-order valence-electron chi connectivity index (χ1n) is 10.7. The molecule has 8 nitrogen and oxygen atoms in total. The number of hydrogen-bond acceptors (Lipinski definition) is 6. The van der Waals surface area contributed by atoms with Gasteiger partial charge in [-0.05, 0) is 44.9 Å². The Kier molecular flexibility index (Phi) is 5.97. The van der Waals surface area contributed by atoms with Gasteiger partial charge in [-0.1, -0.05) is 0 Å². The number of pyridine rings is 1. The Morgan fingerprint density at radius 1 is 1.16 bits per heavy atom. The topological polar surface area (TPSA) is 81.5 Å². The number of benzene rings is 1. The maximum atomic E-state index is 12.8. The lowest BCUT2D eigenvalue weighted by Crippen LogP contribution is -2.38. The standard InChI is InChI=1S/C23H29N5O3/c1-5-28-21-18(15(2)26-28)8-11-24-22(21)27-12-9-16(10-13-27)23(29)25-17-6-7-19(30-3)20(14-17)31-4/h6-8,11,14,16H,5,9-10,12-13H2,1-4H3,(H,25,29). The van der Waals surface area contributed by atoms with Crippen LogP contribution in [0.5, 0.6) is 11.5 Å². The third kappa shape index (κ3) is 4.02. The van der Waals surface area contributed by atoms with Crippen molar-refractivity contribution in [3.8, 4) is 11.5 Å². The lowest BCUT2D eigenvalue weighted by Gasteiger charge is -2.32. The SMILES string of the molecule is CCn1nc(C)c2ccnc(N3CCC(C(=O)Nc4ccc(OC)c(OC)c4)CC3)c21. The Balaban J connectivity index is 1.45. The van der Waals surface area contributed by atoms with Gasteiger partial charge in [-0.3, -0.25) is 9.48 Å². The summed E-state index contributed by atoms with van der Waals surface area (Å²) in [4.78, 5) is 19.8. The lowest BCUT2D eigenvalue weighted by atomic mass is 9.95. The van der Waals surface area contributed by atoms with Crippen LogP contribution in [-0.4, -0.2) is 48.0 Å². The van der Waals surface area contributed by atoms with Gasteiger partial charge in [-0.15, -0.1) is 0 Å². The van der Waals surface area contributed by atoms with Crippen molar-refractivity contribution in [1.82, 2.24) is 14.8 Å². The van der Waals surface area contributed by atoms with Gasteiger partial charge in [0.1, 0.15) is 5.52 Å². The minimum atomic E-state index is -0.0404. The summed E-state index contributed by atoms with van der Waals surface area (Å²) in [6.07, 6.45) is 3.40. The Morgan fingerprint density at radius 2 is 1.90 bits per heavy atom. The van der Waals surface area contributed by atoms with E-state index >= 15 is 0 Å². The van der Waals surface area contributed by atoms with Crippen molar-refractivity contribution in [2.45, 2.75) is 33.2 Å². The van der Waals surface area contributed by atoms with Gasteiger partial charge in [-0.25, -0.2) is 4.98 Å². The molecule has 2 aromatic heterocycles. The van der Waals surface area contributed by atoms with E-state index in [2.05, 4.69) is 27.2 Å². The number of anilines is 2. The van der Waals surface area contributed by atoms with E-state index in [0.29, 0.717) is 17.2 Å². The third-order valence-electron chi connectivity index (χ3n) is 5.94. The number of aromatic nitrogens is 3. The monoisotopic (exact) mass is 423 g/mol. The zero-order valence-electron chi connectivity index (χ0n) is 18.5. The predicted octanol–water partition coefficient (Wildman–Crippen LogP) is 3.63. The molecule has 8 heteroatoms. The van der Waals surface area contributed by atoms with E-state index in [1.807, 2.05) is 29.9 Å². The summed E-state index contributed by atoms with van der Waals surface area (Å²) in [5.74, 6) is 2.18. The number of amides is 1. The summed E-state index contributed by atoms with van der Waals surface area (Å²) in [7, 11) is 3.17. The molecule has 0 atom stereocenters. The van der Waals surface area contributed by atoms with Crippen molar-refractivity contribution in [1.29, 1.82) is 0 Å². The number of carbonyl (C=O) groups excluding carboxylic acids is 1. The molecule has 3 aromatic rings. The van der Waals surface area contributed by atoms with Gasteiger partial charge < -0.3 is 19.7 Å². The predicted molar refractivity (Wildman–Crippen MR) is 121 cm³/mol. The van der Waals surface area contributed by atoms with E-state index < -0.39 is 0 Å². The fourth-order valence-corrected chi connectivity index (χ4v) is 4.25. The van der Waals surface area contributed by atoms with Crippen molar-refractivity contribution in [3.63, 3.8) is 0 Å². The van der Waals surface area contributed by atoms with Crippen LogP contribution in [0, 0.1) is 12.8 Å². The molecule has 1 N–H and O–H groups in total. The highest BCUT2D eigenvalue weighted by Crippen LogP contribution is 2.32.